The summed E-state index contributed by atoms with van der Waals surface area (Å²) >= 11 is 0. The van der Waals surface area contributed by atoms with Gasteiger partial charge < -0.3 is 9.88 Å². The van der Waals surface area contributed by atoms with Crippen LogP contribution in [0.3, 0.4) is 0 Å². The smallest absolute Gasteiger partial charge is 0.108 e. The van der Waals surface area contributed by atoms with Crippen molar-refractivity contribution >= 4 is 24.8 Å². The van der Waals surface area contributed by atoms with E-state index >= 15 is 0 Å². The Balaban J connectivity index is 0.000000980. The highest BCUT2D eigenvalue weighted by Crippen LogP contribution is 2.19. The molecule has 1 aliphatic rings. The Morgan fingerprint density at radius 1 is 1.40 bits per heavy atom. The zero-order valence-electron chi connectivity index (χ0n) is 8.98. The van der Waals surface area contributed by atoms with Gasteiger partial charge in [-0.2, -0.15) is 0 Å². The largest absolute Gasteiger partial charge is 0.332 e. The fraction of sp³-hybridized carbons (Fsp3) is 0.700. The van der Waals surface area contributed by atoms with Gasteiger partial charge in [0.05, 0.1) is 0 Å². The van der Waals surface area contributed by atoms with Gasteiger partial charge in [0.2, 0.25) is 0 Å². The molecule has 1 fully saturated rings. The molecule has 0 amide bonds. The molecular formula is C10H19Cl2N3. The molecule has 1 aromatic heterocycles. The Hall–Kier alpha value is -0.250. The van der Waals surface area contributed by atoms with Crippen LogP contribution in [0.15, 0.2) is 12.4 Å². The third-order valence-electron chi connectivity index (χ3n) is 2.77. The van der Waals surface area contributed by atoms with Gasteiger partial charge in [-0.3, -0.25) is 0 Å². The van der Waals surface area contributed by atoms with E-state index < -0.39 is 0 Å². The number of aromatic nitrogens is 2. The van der Waals surface area contributed by atoms with Crippen LogP contribution in [0.5, 0.6) is 0 Å². The van der Waals surface area contributed by atoms with Crippen LogP contribution in [0.2, 0.25) is 0 Å². The van der Waals surface area contributed by atoms with Crippen LogP contribution in [0.1, 0.15) is 31.6 Å². The van der Waals surface area contributed by atoms with Crippen molar-refractivity contribution in [3.8, 4) is 0 Å². The number of hydrogen-bond acceptors (Lipinski definition) is 2. The zero-order chi connectivity index (χ0) is 9.10. The SMILES string of the molecule is CCc1nccn1C1CCNCC1.Cl.Cl. The first-order valence-corrected chi connectivity index (χ1v) is 5.14. The summed E-state index contributed by atoms with van der Waals surface area (Å²) in [6.07, 6.45) is 7.55. The zero-order valence-corrected chi connectivity index (χ0v) is 10.6. The van der Waals surface area contributed by atoms with Crippen LogP contribution in [0.25, 0.3) is 0 Å². The van der Waals surface area contributed by atoms with Gasteiger partial charge in [0.15, 0.2) is 0 Å². The number of halogens is 2. The van der Waals surface area contributed by atoms with E-state index in [0.717, 1.165) is 19.5 Å². The summed E-state index contributed by atoms with van der Waals surface area (Å²) in [4.78, 5) is 4.35. The van der Waals surface area contributed by atoms with Crippen LogP contribution < -0.4 is 5.32 Å². The van der Waals surface area contributed by atoms with E-state index in [1.54, 1.807) is 0 Å². The maximum atomic E-state index is 4.35. The Bertz CT molecular complexity index is 269. The van der Waals surface area contributed by atoms with Gasteiger partial charge in [-0.05, 0) is 25.9 Å². The van der Waals surface area contributed by atoms with Gasteiger partial charge in [-0.25, -0.2) is 4.98 Å². The number of imidazole rings is 1. The van der Waals surface area contributed by atoms with Crippen LogP contribution in [-0.2, 0) is 6.42 Å². The highest BCUT2D eigenvalue weighted by molar-refractivity contribution is 5.85. The minimum Gasteiger partial charge on any atom is -0.332 e. The second kappa shape index (κ2) is 7.09. The maximum Gasteiger partial charge on any atom is 0.108 e. The Morgan fingerprint density at radius 3 is 2.67 bits per heavy atom. The predicted octanol–water partition coefficient (Wildman–Crippen LogP) is 2.21. The monoisotopic (exact) mass is 251 g/mol. The first-order chi connectivity index (χ1) is 6.42. The maximum absolute atomic E-state index is 4.35. The molecule has 0 saturated carbocycles. The fourth-order valence-corrected chi connectivity index (χ4v) is 2.04. The summed E-state index contributed by atoms with van der Waals surface area (Å²) in [7, 11) is 0. The lowest BCUT2D eigenvalue weighted by Crippen LogP contribution is -2.29. The molecular weight excluding hydrogens is 233 g/mol. The number of rotatable bonds is 2. The van der Waals surface area contributed by atoms with Crippen molar-refractivity contribution in [3.63, 3.8) is 0 Å². The topological polar surface area (TPSA) is 29.9 Å². The molecule has 1 N–H and O–H groups in total. The van der Waals surface area contributed by atoms with Crippen molar-refractivity contribution in [2.45, 2.75) is 32.2 Å². The summed E-state index contributed by atoms with van der Waals surface area (Å²) in [6.45, 7) is 4.46. The van der Waals surface area contributed by atoms with Crippen molar-refractivity contribution in [2.75, 3.05) is 13.1 Å². The lowest BCUT2D eigenvalue weighted by Gasteiger charge is -2.25. The molecule has 1 aliphatic heterocycles. The minimum atomic E-state index is 0. The second-order valence-corrected chi connectivity index (χ2v) is 3.59. The van der Waals surface area contributed by atoms with Crippen LogP contribution in [0, 0.1) is 0 Å². The van der Waals surface area contributed by atoms with Crippen molar-refractivity contribution in [1.29, 1.82) is 0 Å². The molecule has 0 aromatic carbocycles. The average Bonchev–Trinajstić information content (AvgIpc) is 2.67. The van der Waals surface area contributed by atoms with Crippen LogP contribution in [-0.4, -0.2) is 22.6 Å². The Kier molecular flexibility index (Phi) is 6.98. The molecule has 1 aromatic rings. The third-order valence-corrected chi connectivity index (χ3v) is 2.77. The van der Waals surface area contributed by atoms with Crippen LogP contribution in [0.4, 0.5) is 0 Å². The summed E-state index contributed by atoms with van der Waals surface area (Å²) in [5.74, 6) is 1.23. The van der Waals surface area contributed by atoms with Crippen molar-refractivity contribution in [3.05, 3.63) is 18.2 Å². The van der Waals surface area contributed by atoms with E-state index in [-0.39, 0.29) is 24.8 Å². The van der Waals surface area contributed by atoms with Gasteiger partial charge in [0.25, 0.3) is 0 Å². The molecule has 3 nitrogen and oxygen atoms in total. The summed E-state index contributed by atoms with van der Waals surface area (Å²) in [6, 6.07) is 0.679. The second-order valence-electron chi connectivity index (χ2n) is 3.59. The van der Waals surface area contributed by atoms with Gasteiger partial charge in [-0.1, -0.05) is 6.92 Å². The molecule has 1 saturated heterocycles. The lowest BCUT2D eigenvalue weighted by molar-refractivity contribution is 0.360. The van der Waals surface area contributed by atoms with Crippen LogP contribution >= 0.6 is 24.8 Å². The number of nitrogens with one attached hydrogen (secondary N) is 1. The molecule has 0 atom stereocenters. The molecule has 5 heteroatoms. The first-order valence-electron chi connectivity index (χ1n) is 5.14. The summed E-state index contributed by atoms with van der Waals surface area (Å²) in [5, 5.41) is 3.38. The molecule has 15 heavy (non-hydrogen) atoms. The molecule has 0 aliphatic carbocycles. The highest BCUT2D eigenvalue weighted by Gasteiger charge is 2.16. The van der Waals surface area contributed by atoms with E-state index in [4.69, 9.17) is 0 Å². The van der Waals surface area contributed by atoms with Gasteiger partial charge in [-0.15, -0.1) is 24.8 Å². The average molecular weight is 252 g/mol. The lowest BCUT2D eigenvalue weighted by atomic mass is 10.1. The number of piperidine rings is 1. The standard InChI is InChI=1S/C10H17N3.2ClH/c1-2-10-12-7-8-13(10)9-3-5-11-6-4-9;;/h7-9,11H,2-6H2,1H3;2*1H. The molecule has 0 unspecified atom stereocenters. The van der Waals surface area contributed by atoms with Crippen molar-refractivity contribution in [1.82, 2.24) is 14.9 Å². The Morgan fingerprint density at radius 2 is 2.07 bits per heavy atom. The van der Waals surface area contributed by atoms with E-state index in [1.165, 1.54) is 18.7 Å². The third kappa shape index (κ3) is 3.37. The molecule has 0 bridgehead atoms. The molecule has 0 radical (unpaired) electrons. The Labute approximate surface area is 103 Å². The number of nitrogens with zero attached hydrogens (tertiary/aromatic N) is 2. The molecule has 2 heterocycles. The van der Waals surface area contributed by atoms with Gasteiger partial charge >= 0.3 is 0 Å². The van der Waals surface area contributed by atoms with E-state index in [1.807, 2.05) is 6.20 Å². The van der Waals surface area contributed by atoms with E-state index in [0.29, 0.717) is 6.04 Å². The fourth-order valence-electron chi connectivity index (χ4n) is 2.04. The highest BCUT2D eigenvalue weighted by atomic mass is 35.5. The normalized spacial score (nSPS) is 16.6. The quantitative estimate of drug-likeness (QED) is 0.874. The van der Waals surface area contributed by atoms with E-state index in [2.05, 4.69) is 28.0 Å². The minimum absolute atomic E-state index is 0. The number of hydrogen-bond donors (Lipinski definition) is 1. The summed E-state index contributed by atoms with van der Waals surface area (Å²) < 4.78 is 2.35. The van der Waals surface area contributed by atoms with Gasteiger partial charge in [0.1, 0.15) is 5.82 Å². The van der Waals surface area contributed by atoms with Crippen molar-refractivity contribution in [2.24, 2.45) is 0 Å². The molecule has 0 spiro atoms. The van der Waals surface area contributed by atoms with Gasteiger partial charge in [0, 0.05) is 24.9 Å². The number of aryl methyl sites for hydroxylation is 1. The predicted molar refractivity (Wildman–Crippen MR) is 67.2 cm³/mol. The molecule has 88 valence electrons. The summed E-state index contributed by atoms with van der Waals surface area (Å²) in [5.41, 5.74) is 0. The van der Waals surface area contributed by atoms with E-state index in [9.17, 15) is 0 Å². The first kappa shape index (κ1) is 14.8. The van der Waals surface area contributed by atoms with Crippen molar-refractivity contribution < 1.29 is 0 Å². The molecule has 2 rings (SSSR count).